The zero-order valence-electron chi connectivity index (χ0n) is 25.1. The first-order valence-corrected chi connectivity index (χ1v) is 14.5. The van der Waals surface area contributed by atoms with Gasteiger partial charge in [0.2, 0.25) is 12.6 Å². The summed E-state index contributed by atoms with van der Waals surface area (Å²) < 4.78 is 37.8. The summed E-state index contributed by atoms with van der Waals surface area (Å²) in [7, 11) is 1.34. The van der Waals surface area contributed by atoms with E-state index in [1.54, 1.807) is 0 Å². The monoisotopic (exact) mass is 669 g/mol. The second-order valence-corrected chi connectivity index (χ2v) is 11.1. The molecular weight excluding hydrogens is 632 g/mol. The Morgan fingerprint density at radius 3 is 2.11 bits per heavy atom. The lowest BCUT2D eigenvalue weighted by molar-refractivity contribution is -0.295. The molecule has 258 valence electrons. The third-order valence-electron chi connectivity index (χ3n) is 7.91. The maximum Gasteiger partial charge on any atom is 0.302 e. The van der Waals surface area contributed by atoms with Crippen molar-refractivity contribution in [2.24, 2.45) is 0 Å². The van der Waals surface area contributed by atoms with Gasteiger partial charge in [-0.25, -0.2) is 0 Å². The fraction of sp³-hybridized carbons (Fsp3) is 0.500. The molecule has 0 aromatic heterocycles. The molecule has 2 fully saturated rings. The zero-order valence-corrected chi connectivity index (χ0v) is 25.1. The van der Waals surface area contributed by atoms with Crippen LogP contribution in [0, 0.1) is 0 Å². The Kier molecular flexibility index (Phi) is 10.3. The van der Waals surface area contributed by atoms with Gasteiger partial charge in [-0.15, -0.1) is 0 Å². The lowest BCUT2D eigenvalue weighted by Gasteiger charge is -2.41. The van der Waals surface area contributed by atoms with Crippen molar-refractivity contribution in [2.75, 3.05) is 20.3 Å². The van der Waals surface area contributed by atoms with Gasteiger partial charge in [0.15, 0.2) is 17.3 Å². The van der Waals surface area contributed by atoms with Crippen LogP contribution >= 0.6 is 0 Å². The van der Waals surface area contributed by atoms with E-state index in [4.69, 9.17) is 28.4 Å². The van der Waals surface area contributed by atoms with Gasteiger partial charge in [0, 0.05) is 19.1 Å². The van der Waals surface area contributed by atoms with Crippen LogP contribution in [0.4, 0.5) is 0 Å². The predicted molar refractivity (Wildman–Crippen MR) is 154 cm³/mol. The standard InChI is InChI=1S/C30H36O17/c1-11(32)42-10-21-23(36)25(38)27(40)29(47-21)44-17-7-13(33)6-16-14(17)8-19(28(43-16)12-3-4-15(34)18(5-12)41-2)45-30-26(39)24(37)22(35)20(9-31)46-30/h3-8,20-31,33-40H,9-10H2,1-2H3/p+1/t20-,21+,22+,23+,24+,25+,26-,27-,28?,29-,30-/m1/s1. The molecule has 0 amide bonds. The summed E-state index contributed by atoms with van der Waals surface area (Å²) in [6, 6.07) is 6.74. The molecule has 17 heteroatoms. The van der Waals surface area contributed by atoms with Gasteiger partial charge in [-0.1, -0.05) is 0 Å². The highest BCUT2D eigenvalue weighted by molar-refractivity contribution is 5.70. The molecule has 1 unspecified atom stereocenters. The van der Waals surface area contributed by atoms with Gasteiger partial charge >= 0.3 is 5.97 Å². The minimum absolute atomic E-state index is 0.0431. The quantitative estimate of drug-likeness (QED) is 0.103. The number of aliphatic hydroxyl groups is 8. The molecule has 10 N–H and O–H groups in total. The van der Waals surface area contributed by atoms with Crippen LogP contribution in [0.25, 0.3) is 6.08 Å². The van der Waals surface area contributed by atoms with Crippen LogP contribution in [0.1, 0.15) is 24.2 Å². The van der Waals surface area contributed by atoms with E-state index >= 15 is 0 Å². The summed E-state index contributed by atoms with van der Waals surface area (Å²) >= 11 is 0. The Labute approximate surface area is 266 Å². The number of carbonyl (C=O) groups is 1. The summed E-state index contributed by atoms with van der Waals surface area (Å²) in [5, 5.41) is 93.1. The first kappa shape index (κ1) is 34.4. The van der Waals surface area contributed by atoms with Gasteiger partial charge in [-0.05, 0) is 18.2 Å². The molecule has 0 radical (unpaired) electrons. The first-order chi connectivity index (χ1) is 22.3. The largest absolute Gasteiger partial charge is 0.571 e. The van der Waals surface area contributed by atoms with E-state index in [1.807, 2.05) is 0 Å². The molecule has 3 heterocycles. The molecule has 0 spiro atoms. The Balaban J connectivity index is 1.53. The van der Waals surface area contributed by atoms with Gasteiger partial charge < -0.3 is 79.1 Å². The second kappa shape index (κ2) is 14.1. The number of benzene rings is 2. The highest BCUT2D eigenvalue weighted by atomic mass is 16.7. The minimum Gasteiger partial charge on any atom is -0.571 e. The predicted octanol–water partition coefficient (Wildman–Crippen LogP) is -1.99. The average molecular weight is 670 g/mol. The average Bonchev–Trinajstić information content (AvgIpc) is 3.04. The van der Waals surface area contributed by atoms with Gasteiger partial charge in [-0.2, -0.15) is 0 Å². The maximum absolute atomic E-state index is 11.3. The molecule has 0 bridgehead atoms. The van der Waals surface area contributed by atoms with Crippen molar-refractivity contribution in [3.63, 3.8) is 0 Å². The summed E-state index contributed by atoms with van der Waals surface area (Å²) in [4.78, 5) is 11.3. The highest BCUT2D eigenvalue weighted by Crippen LogP contribution is 2.47. The van der Waals surface area contributed by atoms with E-state index in [0.717, 1.165) is 13.0 Å². The minimum atomic E-state index is -1.80. The topological polar surface area (TPSA) is 267 Å². The molecule has 0 aliphatic carbocycles. The number of aromatic hydroxyl groups is 3. The Hall–Kier alpha value is -3.91. The molecule has 17 nitrogen and oxygen atoms in total. The van der Waals surface area contributed by atoms with Gasteiger partial charge in [0.1, 0.15) is 72.5 Å². The van der Waals surface area contributed by atoms with E-state index in [0.29, 0.717) is 5.56 Å². The van der Waals surface area contributed by atoms with Gasteiger partial charge in [-0.3, -0.25) is 4.79 Å². The number of aliphatic hydroxyl groups excluding tert-OH is 7. The van der Waals surface area contributed by atoms with Crippen LogP contribution < -0.4 is 9.47 Å². The lowest BCUT2D eigenvalue weighted by atomic mass is 9.98. The van der Waals surface area contributed by atoms with Crippen molar-refractivity contribution >= 4 is 12.0 Å². The molecule has 3 aliphatic heterocycles. The van der Waals surface area contributed by atoms with Crippen molar-refractivity contribution in [1.29, 1.82) is 0 Å². The van der Waals surface area contributed by atoms with Crippen molar-refractivity contribution in [3.05, 3.63) is 47.2 Å². The molecule has 47 heavy (non-hydrogen) atoms. The van der Waals surface area contributed by atoms with Crippen LogP contribution in [0.3, 0.4) is 0 Å². The fourth-order valence-electron chi connectivity index (χ4n) is 5.35. The number of rotatable bonds is 9. The van der Waals surface area contributed by atoms with E-state index in [1.165, 1.54) is 37.5 Å². The Morgan fingerprint density at radius 2 is 1.47 bits per heavy atom. The first-order valence-electron chi connectivity index (χ1n) is 14.5. The third-order valence-corrected chi connectivity index (χ3v) is 7.91. The second-order valence-electron chi connectivity index (χ2n) is 11.1. The summed E-state index contributed by atoms with van der Waals surface area (Å²) in [6.07, 6.45) is -15.9. The number of hydrogen-bond donors (Lipinski definition) is 9. The normalized spacial score (nSPS) is 33.6. The molecule has 2 aromatic rings. The SMILES string of the molecule is COc1cc(C2[OH+]c3cc(O)cc(O[C@@H]4O[C@@H](COC(C)=O)[C@H](O)[C@H](O)[C@H]4O)c3C=C2O[C@@H]2O[C@H](CO)[C@H](O)[C@H](O)[C@H]2O)ccc1O. The maximum atomic E-state index is 11.3. The van der Waals surface area contributed by atoms with E-state index in [-0.39, 0.29) is 40.1 Å². The van der Waals surface area contributed by atoms with Crippen molar-refractivity contribution in [1.82, 2.24) is 0 Å². The number of methoxy groups -OCH3 is 1. The van der Waals surface area contributed by atoms with Gasteiger partial charge in [0.05, 0.1) is 25.3 Å². The van der Waals surface area contributed by atoms with Crippen LogP contribution in [-0.4, -0.2) is 138 Å². The summed E-state index contributed by atoms with van der Waals surface area (Å²) in [5.41, 5.74) is 0.528. The van der Waals surface area contributed by atoms with Crippen molar-refractivity contribution < 1.29 is 83.9 Å². The molecule has 2 saturated heterocycles. The van der Waals surface area contributed by atoms with E-state index < -0.39 is 86.7 Å². The fourth-order valence-corrected chi connectivity index (χ4v) is 5.35. The van der Waals surface area contributed by atoms with E-state index in [2.05, 4.69) is 4.74 Å². The molecular formula is C30H37O17+. The third kappa shape index (κ3) is 7.03. The van der Waals surface area contributed by atoms with Crippen LogP contribution in [0.2, 0.25) is 0 Å². The van der Waals surface area contributed by atoms with Gasteiger partial charge in [0.25, 0.3) is 11.9 Å². The number of phenolic OH excluding ortho intramolecular Hbond substituents is 2. The van der Waals surface area contributed by atoms with Crippen molar-refractivity contribution in [3.8, 4) is 28.7 Å². The number of esters is 1. The highest BCUT2D eigenvalue weighted by Gasteiger charge is 2.48. The summed E-state index contributed by atoms with van der Waals surface area (Å²) in [6.45, 7) is -0.0489. The smallest absolute Gasteiger partial charge is 0.302 e. The number of fused-ring (bicyclic) bond motifs is 1. The van der Waals surface area contributed by atoms with Crippen LogP contribution in [-0.2, 0) is 23.7 Å². The zero-order chi connectivity index (χ0) is 34.2. The lowest BCUT2D eigenvalue weighted by Crippen LogP contribution is -2.60. The molecule has 0 saturated carbocycles. The summed E-state index contributed by atoms with van der Waals surface area (Å²) in [5.74, 6) is -1.17. The Morgan fingerprint density at radius 1 is 0.830 bits per heavy atom. The van der Waals surface area contributed by atoms with Crippen LogP contribution in [0.15, 0.2) is 36.1 Å². The number of ether oxygens (including phenoxy) is 7. The number of carbonyl (C=O) groups excluding carboxylic acids is 1. The molecule has 11 atom stereocenters. The molecule has 3 aliphatic rings. The Bertz CT molecular complexity index is 1460. The number of phenols is 2. The molecule has 5 rings (SSSR count). The van der Waals surface area contributed by atoms with Crippen molar-refractivity contribution in [2.45, 2.75) is 74.4 Å². The molecule has 2 aromatic carbocycles. The van der Waals surface area contributed by atoms with E-state index in [9.17, 15) is 50.8 Å². The van der Waals surface area contributed by atoms with Crippen LogP contribution in [0.5, 0.6) is 28.7 Å². The number of hydrogen-bond acceptors (Lipinski definition) is 16.